The molecule has 0 saturated carbocycles. The van der Waals surface area contributed by atoms with Gasteiger partial charge in [-0.15, -0.1) is 0 Å². The Labute approximate surface area is 131 Å². The topological polar surface area (TPSA) is 41.9 Å². The summed E-state index contributed by atoms with van der Waals surface area (Å²) in [5.74, 6) is 0.427. The van der Waals surface area contributed by atoms with E-state index in [1.165, 1.54) is 25.9 Å². The number of ether oxygens (including phenoxy) is 1. The molecule has 4 heteroatoms. The van der Waals surface area contributed by atoms with Gasteiger partial charge < -0.3 is 9.64 Å². The molecule has 0 aromatic heterocycles. The summed E-state index contributed by atoms with van der Waals surface area (Å²) >= 11 is 0. The maximum absolute atomic E-state index is 12.1. The van der Waals surface area contributed by atoms with Crippen molar-refractivity contribution in [1.29, 1.82) is 0 Å². The van der Waals surface area contributed by atoms with Gasteiger partial charge in [-0.1, -0.05) is 30.3 Å². The van der Waals surface area contributed by atoms with Crippen molar-refractivity contribution in [2.75, 3.05) is 19.6 Å². The first kappa shape index (κ1) is 15.0. The Kier molecular flexibility index (Phi) is 5.01. The number of rotatable bonds is 6. The summed E-state index contributed by atoms with van der Waals surface area (Å²) in [4.78, 5) is 19.0. The van der Waals surface area contributed by atoms with Crippen molar-refractivity contribution >= 4 is 11.5 Å². The molecule has 0 spiro atoms. The van der Waals surface area contributed by atoms with E-state index in [4.69, 9.17) is 4.74 Å². The number of ketones is 1. The third-order valence-corrected chi connectivity index (χ3v) is 4.16. The molecular weight excluding hydrogens is 276 g/mol. The van der Waals surface area contributed by atoms with Crippen molar-refractivity contribution < 1.29 is 9.53 Å². The van der Waals surface area contributed by atoms with Crippen LogP contribution in [0.15, 0.2) is 47.3 Å². The predicted octanol–water partition coefficient (Wildman–Crippen LogP) is 2.94. The first-order chi connectivity index (χ1) is 10.8. The molecule has 2 aliphatic rings. The Hall–Kier alpha value is -1.94. The number of likely N-dealkylation sites (tertiary alicyclic amines) is 1. The standard InChI is InChI=1S/C18H22N2O2/c21-17-12-16(8-11-20-9-4-5-10-20)19-13-18(17)22-14-15-6-2-1-3-7-15/h1-3,6-7,13H,4-5,8-12,14H2. The van der Waals surface area contributed by atoms with Gasteiger partial charge in [0.1, 0.15) is 6.61 Å². The maximum atomic E-state index is 12.1. The fraction of sp³-hybridized carbons (Fsp3) is 0.444. The average molecular weight is 298 g/mol. The van der Waals surface area contributed by atoms with Crippen LogP contribution in [0.2, 0.25) is 0 Å². The summed E-state index contributed by atoms with van der Waals surface area (Å²) in [7, 11) is 0. The highest BCUT2D eigenvalue weighted by Crippen LogP contribution is 2.16. The summed E-state index contributed by atoms with van der Waals surface area (Å²) in [5, 5.41) is 0. The Bertz CT molecular complexity index is 572. The minimum atomic E-state index is 0.0438. The van der Waals surface area contributed by atoms with E-state index < -0.39 is 0 Å². The molecule has 1 saturated heterocycles. The van der Waals surface area contributed by atoms with Crippen molar-refractivity contribution in [1.82, 2.24) is 4.90 Å². The van der Waals surface area contributed by atoms with Crippen molar-refractivity contribution in [2.24, 2.45) is 4.99 Å². The lowest BCUT2D eigenvalue weighted by molar-refractivity contribution is -0.118. The molecule has 116 valence electrons. The molecule has 0 radical (unpaired) electrons. The van der Waals surface area contributed by atoms with Crippen LogP contribution < -0.4 is 0 Å². The van der Waals surface area contributed by atoms with E-state index in [9.17, 15) is 4.79 Å². The fourth-order valence-electron chi connectivity index (χ4n) is 2.84. The van der Waals surface area contributed by atoms with Crippen LogP contribution in [-0.4, -0.2) is 36.0 Å². The molecule has 2 heterocycles. The van der Waals surface area contributed by atoms with Gasteiger partial charge in [0.25, 0.3) is 0 Å². The maximum Gasteiger partial charge on any atom is 0.204 e. The number of benzene rings is 1. The van der Waals surface area contributed by atoms with Gasteiger partial charge in [0.2, 0.25) is 5.78 Å². The van der Waals surface area contributed by atoms with Gasteiger partial charge in [-0.2, -0.15) is 0 Å². The quantitative estimate of drug-likeness (QED) is 0.811. The molecule has 3 rings (SSSR count). The lowest BCUT2D eigenvalue weighted by Crippen LogP contribution is -2.24. The molecule has 0 unspecified atom stereocenters. The number of allylic oxidation sites excluding steroid dienone is 1. The van der Waals surface area contributed by atoms with Crippen LogP contribution in [0, 0.1) is 0 Å². The normalized spacial score (nSPS) is 19.0. The van der Waals surface area contributed by atoms with E-state index >= 15 is 0 Å². The Morgan fingerprint density at radius 1 is 1.14 bits per heavy atom. The van der Waals surface area contributed by atoms with Gasteiger partial charge in [-0.05, 0) is 37.9 Å². The number of aliphatic imine (C=N–C) groups is 1. The number of hydrogen-bond donors (Lipinski definition) is 0. The number of hydrogen-bond acceptors (Lipinski definition) is 4. The number of nitrogens with zero attached hydrogens (tertiary/aromatic N) is 2. The van der Waals surface area contributed by atoms with Crippen LogP contribution >= 0.6 is 0 Å². The van der Waals surface area contributed by atoms with Gasteiger partial charge >= 0.3 is 0 Å². The monoisotopic (exact) mass is 298 g/mol. The van der Waals surface area contributed by atoms with Gasteiger partial charge in [0.05, 0.1) is 12.6 Å². The minimum Gasteiger partial charge on any atom is -0.484 e. The van der Waals surface area contributed by atoms with Gasteiger partial charge in [0.15, 0.2) is 5.76 Å². The zero-order valence-electron chi connectivity index (χ0n) is 12.8. The average Bonchev–Trinajstić information content (AvgIpc) is 3.06. The van der Waals surface area contributed by atoms with E-state index in [1.807, 2.05) is 30.3 Å². The van der Waals surface area contributed by atoms with E-state index in [2.05, 4.69) is 9.89 Å². The van der Waals surface area contributed by atoms with Crippen molar-refractivity contribution in [3.05, 3.63) is 47.9 Å². The summed E-state index contributed by atoms with van der Waals surface area (Å²) in [6.07, 6.45) is 5.46. The van der Waals surface area contributed by atoms with Crippen LogP contribution in [0.1, 0.15) is 31.2 Å². The molecule has 2 aliphatic heterocycles. The van der Waals surface area contributed by atoms with E-state index in [0.717, 1.165) is 24.2 Å². The van der Waals surface area contributed by atoms with Gasteiger partial charge in [-0.3, -0.25) is 9.79 Å². The molecule has 0 bridgehead atoms. The number of carbonyl (C=O) groups is 1. The molecular formula is C18H22N2O2. The zero-order chi connectivity index (χ0) is 15.2. The van der Waals surface area contributed by atoms with Crippen molar-refractivity contribution in [3.8, 4) is 0 Å². The summed E-state index contributed by atoms with van der Waals surface area (Å²) < 4.78 is 5.60. The summed E-state index contributed by atoms with van der Waals surface area (Å²) in [6.45, 7) is 3.79. The third kappa shape index (κ3) is 4.04. The fourth-order valence-corrected chi connectivity index (χ4v) is 2.84. The minimum absolute atomic E-state index is 0.0438. The van der Waals surface area contributed by atoms with Crippen LogP contribution in [0.4, 0.5) is 0 Å². The summed E-state index contributed by atoms with van der Waals surface area (Å²) in [6, 6.07) is 9.86. The van der Waals surface area contributed by atoms with Crippen LogP contribution in [0.3, 0.4) is 0 Å². The van der Waals surface area contributed by atoms with Crippen molar-refractivity contribution in [2.45, 2.75) is 32.3 Å². The highest BCUT2D eigenvalue weighted by molar-refractivity contribution is 6.10. The smallest absolute Gasteiger partial charge is 0.204 e. The lowest BCUT2D eigenvalue weighted by atomic mass is 10.1. The highest BCUT2D eigenvalue weighted by atomic mass is 16.5. The van der Waals surface area contributed by atoms with Crippen LogP contribution in [0.25, 0.3) is 0 Å². The molecule has 1 fully saturated rings. The summed E-state index contributed by atoms with van der Waals surface area (Å²) in [5.41, 5.74) is 2.03. The van der Waals surface area contributed by atoms with E-state index in [1.54, 1.807) is 6.20 Å². The number of carbonyl (C=O) groups excluding carboxylic acids is 1. The number of Topliss-reactive ketones (excluding diaryl/α,β-unsaturated/α-hetero) is 1. The van der Waals surface area contributed by atoms with Crippen LogP contribution in [0.5, 0.6) is 0 Å². The second-order valence-electron chi connectivity index (χ2n) is 5.86. The first-order valence-corrected chi connectivity index (χ1v) is 7.99. The van der Waals surface area contributed by atoms with Gasteiger partial charge in [0, 0.05) is 12.3 Å². The highest BCUT2D eigenvalue weighted by Gasteiger charge is 2.20. The third-order valence-electron chi connectivity index (χ3n) is 4.16. The second kappa shape index (κ2) is 7.36. The Morgan fingerprint density at radius 3 is 2.64 bits per heavy atom. The van der Waals surface area contributed by atoms with Crippen LogP contribution in [-0.2, 0) is 16.1 Å². The lowest BCUT2D eigenvalue weighted by Gasteiger charge is -2.17. The zero-order valence-corrected chi connectivity index (χ0v) is 12.8. The molecule has 0 aliphatic carbocycles. The predicted molar refractivity (Wildman–Crippen MR) is 86.7 cm³/mol. The van der Waals surface area contributed by atoms with E-state index in [-0.39, 0.29) is 5.78 Å². The molecule has 4 nitrogen and oxygen atoms in total. The van der Waals surface area contributed by atoms with Crippen molar-refractivity contribution in [3.63, 3.8) is 0 Å². The molecule has 0 N–H and O–H groups in total. The van der Waals surface area contributed by atoms with Gasteiger partial charge in [-0.25, -0.2) is 0 Å². The first-order valence-electron chi connectivity index (χ1n) is 7.99. The molecule has 0 atom stereocenters. The molecule has 1 aromatic rings. The Balaban J connectivity index is 1.51. The molecule has 0 amide bonds. The molecule has 1 aromatic carbocycles. The second-order valence-corrected chi connectivity index (χ2v) is 5.86. The SMILES string of the molecule is O=C1CC(CCN2CCCC2)=NC=C1OCc1ccccc1. The largest absolute Gasteiger partial charge is 0.484 e. The molecule has 22 heavy (non-hydrogen) atoms. The Morgan fingerprint density at radius 2 is 1.91 bits per heavy atom. The van der Waals surface area contributed by atoms with E-state index in [0.29, 0.717) is 18.8 Å².